The summed E-state index contributed by atoms with van der Waals surface area (Å²) in [5, 5.41) is 0. The van der Waals surface area contributed by atoms with E-state index in [2.05, 4.69) is 0 Å². The fraction of sp³-hybridized carbons (Fsp3) is 0.364. The number of carbonyl (C=O) groups is 2. The van der Waals surface area contributed by atoms with Gasteiger partial charge in [0.2, 0.25) is 0 Å². The number of piperazine rings is 1. The highest BCUT2D eigenvalue weighted by Crippen LogP contribution is 2.31. The van der Waals surface area contributed by atoms with Crippen LogP contribution in [0.25, 0.3) is 0 Å². The fourth-order valence-electron chi connectivity index (χ4n) is 3.55. The summed E-state index contributed by atoms with van der Waals surface area (Å²) in [5.74, 6) is 1.44. The summed E-state index contributed by atoms with van der Waals surface area (Å²) in [7, 11) is 6.07. The van der Waals surface area contributed by atoms with E-state index in [0.29, 0.717) is 60.3 Å². The Morgan fingerprint density at radius 1 is 0.600 bits per heavy atom. The topological polar surface area (TPSA) is 77.5 Å². The molecular weight excluding hydrogens is 388 g/mol. The highest BCUT2D eigenvalue weighted by atomic mass is 16.5. The zero-order valence-electron chi connectivity index (χ0n) is 17.6. The third-order valence-corrected chi connectivity index (χ3v) is 5.14. The van der Waals surface area contributed by atoms with Gasteiger partial charge in [0.15, 0.2) is 0 Å². The number of ether oxygens (including phenoxy) is 4. The number of rotatable bonds is 6. The molecule has 0 unspecified atom stereocenters. The first-order chi connectivity index (χ1) is 14.5. The van der Waals surface area contributed by atoms with Crippen LogP contribution in [0.3, 0.4) is 0 Å². The lowest BCUT2D eigenvalue weighted by Gasteiger charge is -2.35. The van der Waals surface area contributed by atoms with Crippen molar-refractivity contribution in [3.8, 4) is 23.0 Å². The van der Waals surface area contributed by atoms with Gasteiger partial charge in [-0.1, -0.05) is 12.1 Å². The van der Waals surface area contributed by atoms with Crippen molar-refractivity contribution < 1.29 is 28.5 Å². The largest absolute Gasteiger partial charge is 0.496 e. The van der Waals surface area contributed by atoms with Crippen LogP contribution in [0, 0.1) is 0 Å². The Bertz CT molecular complexity index is 802. The van der Waals surface area contributed by atoms with Gasteiger partial charge in [-0.05, 0) is 24.3 Å². The van der Waals surface area contributed by atoms with Gasteiger partial charge < -0.3 is 28.7 Å². The molecule has 1 heterocycles. The van der Waals surface area contributed by atoms with E-state index in [-0.39, 0.29) is 11.8 Å². The average Bonchev–Trinajstić information content (AvgIpc) is 2.81. The summed E-state index contributed by atoms with van der Waals surface area (Å²) in [6.45, 7) is 1.57. The second kappa shape index (κ2) is 9.39. The molecule has 2 amide bonds. The minimum absolute atomic E-state index is 0.189. The molecule has 0 N–H and O–H groups in total. The summed E-state index contributed by atoms with van der Waals surface area (Å²) in [6.07, 6.45) is 0. The van der Waals surface area contributed by atoms with Gasteiger partial charge in [0.25, 0.3) is 11.8 Å². The van der Waals surface area contributed by atoms with Gasteiger partial charge in [0.1, 0.15) is 34.1 Å². The van der Waals surface area contributed by atoms with Gasteiger partial charge >= 0.3 is 0 Å². The zero-order valence-corrected chi connectivity index (χ0v) is 17.6. The number of benzene rings is 2. The van der Waals surface area contributed by atoms with E-state index in [0.717, 1.165) is 0 Å². The lowest BCUT2D eigenvalue weighted by Crippen LogP contribution is -2.50. The lowest BCUT2D eigenvalue weighted by atomic mass is 10.1. The van der Waals surface area contributed by atoms with Crippen LogP contribution in [0.4, 0.5) is 0 Å². The number of carbonyl (C=O) groups excluding carboxylic acids is 2. The molecule has 2 aromatic carbocycles. The molecule has 8 nitrogen and oxygen atoms in total. The number of amides is 2. The standard InChI is InChI=1S/C22H26N2O6/c1-27-15-7-5-8-16(28-2)19(15)21(25)23-11-13-24(14-12-23)22(26)20-17(29-3)9-6-10-18(20)30-4/h5-10H,11-14H2,1-4H3. The number of hydrogen-bond donors (Lipinski definition) is 0. The Kier molecular flexibility index (Phi) is 6.66. The van der Waals surface area contributed by atoms with Crippen LogP contribution in [0.1, 0.15) is 20.7 Å². The minimum atomic E-state index is -0.189. The predicted octanol–water partition coefficient (Wildman–Crippen LogP) is 2.32. The normalized spacial score (nSPS) is 13.6. The molecule has 1 saturated heterocycles. The van der Waals surface area contributed by atoms with E-state index in [9.17, 15) is 9.59 Å². The van der Waals surface area contributed by atoms with Gasteiger partial charge in [-0.3, -0.25) is 9.59 Å². The maximum Gasteiger partial charge on any atom is 0.261 e. The Hall–Kier alpha value is -3.42. The van der Waals surface area contributed by atoms with E-state index in [1.54, 1.807) is 46.2 Å². The highest BCUT2D eigenvalue weighted by Gasteiger charge is 2.31. The second-order valence-corrected chi connectivity index (χ2v) is 6.66. The molecule has 0 atom stereocenters. The molecule has 0 aromatic heterocycles. The summed E-state index contributed by atoms with van der Waals surface area (Å²) < 4.78 is 21.4. The van der Waals surface area contributed by atoms with Crippen molar-refractivity contribution in [2.45, 2.75) is 0 Å². The van der Waals surface area contributed by atoms with E-state index < -0.39 is 0 Å². The van der Waals surface area contributed by atoms with Gasteiger partial charge in [-0.15, -0.1) is 0 Å². The summed E-state index contributed by atoms with van der Waals surface area (Å²) in [5.41, 5.74) is 0.766. The summed E-state index contributed by atoms with van der Waals surface area (Å²) in [6, 6.07) is 10.4. The van der Waals surface area contributed by atoms with Crippen molar-refractivity contribution in [3.63, 3.8) is 0 Å². The maximum absolute atomic E-state index is 13.1. The third kappa shape index (κ3) is 3.98. The molecule has 1 fully saturated rings. The zero-order chi connectivity index (χ0) is 21.7. The van der Waals surface area contributed by atoms with Crippen LogP contribution in [0.15, 0.2) is 36.4 Å². The Morgan fingerprint density at radius 2 is 0.867 bits per heavy atom. The minimum Gasteiger partial charge on any atom is -0.496 e. The van der Waals surface area contributed by atoms with Crippen molar-refractivity contribution in [1.82, 2.24) is 9.80 Å². The molecule has 0 saturated carbocycles. The molecule has 0 aliphatic carbocycles. The van der Waals surface area contributed by atoms with Gasteiger partial charge in [-0.25, -0.2) is 0 Å². The van der Waals surface area contributed by atoms with Crippen molar-refractivity contribution in [2.24, 2.45) is 0 Å². The molecule has 0 bridgehead atoms. The molecule has 8 heteroatoms. The van der Waals surface area contributed by atoms with Gasteiger partial charge in [0, 0.05) is 26.2 Å². The van der Waals surface area contributed by atoms with Crippen molar-refractivity contribution in [3.05, 3.63) is 47.5 Å². The van der Waals surface area contributed by atoms with E-state index in [4.69, 9.17) is 18.9 Å². The van der Waals surface area contributed by atoms with Crippen LogP contribution in [0.2, 0.25) is 0 Å². The van der Waals surface area contributed by atoms with Crippen molar-refractivity contribution in [1.29, 1.82) is 0 Å². The van der Waals surface area contributed by atoms with Gasteiger partial charge in [-0.2, -0.15) is 0 Å². The average molecular weight is 414 g/mol. The first-order valence-electron chi connectivity index (χ1n) is 9.56. The molecule has 1 aliphatic rings. The van der Waals surface area contributed by atoms with Crippen molar-refractivity contribution >= 4 is 11.8 Å². The van der Waals surface area contributed by atoms with Crippen LogP contribution >= 0.6 is 0 Å². The quantitative estimate of drug-likeness (QED) is 0.722. The number of hydrogen-bond acceptors (Lipinski definition) is 6. The first kappa shape index (κ1) is 21.3. The van der Waals surface area contributed by atoms with E-state index >= 15 is 0 Å². The first-order valence-corrected chi connectivity index (χ1v) is 9.56. The van der Waals surface area contributed by atoms with Crippen LogP contribution < -0.4 is 18.9 Å². The predicted molar refractivity (Wildman–Crippen MR) is 111 cm³/mol. The molecule has 0 radical (unpaired) electrons. The molecule has 2 aromatic rings. The number of nitrogens with zero attached hydrogens (tertiary/aromatic N) is 2. The lowest BCUT2D eigenvalue weighted by molar-refractivity contribution is 0.0528. The molecule has 160 valence electrons. The molecule has 0 spiro atoms. The summed E-state index contributed by atoms with van der Waals surface area (Å²) >= 11 is 0. The molecule has 1 aliphatic heterocycles. The monoisotopic (exact) mass is 414 g/mol. The van der Waals surface area contributed by atoms with Crippen molar-refractivity contribution in [2.75, 3.05) is 54.6 Å². The molecule has 3 rings (SSSR count). The maximum atomic E-state index is 13.1. The molecular formula is C22H26N2O6. The molecule has 30 heavy (non-hydrogen) atoms. The van der Waals surface area contributed by atoms with E-state index in [1.165, 1.54) is 28.4 Å². The van der Waals surface area contributed by atoms with Crippen LogP contribution in [0.5, 0.6) is 23.0 Å². The smallest absolute Gasteiger partial charge is 0.261 e. The van der Waals surface area contributed by atoms with Gasteiger partial charge in [0.05, 0.1) is 28.4 Å². The Balaban J connectivity index is 1.76. The summed E-state index contributed by atoms with van der Waals surface area (Å²) in [4.78, 5) is 29.7. The SMILES string of the molecule is COc1cccc(OC)c1C(=O)N1CCN(C(=O)c2c(OC)cccc2OC)CC1. The van der Waals surface area contributed by atoms with Crippen LogP contribution in [-0.2, 0) is 0 Å². The van der Waals surface area contributed by atoms with E-state index in [1.807, 2.05) is 0 Å². The Morgan fingerprint density at radius 3 is 1.10 bits per heavy atom. The third-order valence-electron chi connectivity index (χ3n) is 5.14. The fourth-order valence-corrected chi connectivity index (χ4v) is 3.55. The highest BCUT2D eigenvalue weighted by molar-refractivity contribution is 6.01. The number of methoxy groups -OCH3 is 4. The Labute approximate surface area is 175 Å². The second-order valence-electron chi connectivity index (χ2n) is 6.66. The van der Waals surface area contributed by atoms with Crippen LogP contribution in [-0.4, -0.2) is 76.2 Å².